The third-order valence-corrected chi connectivity index (χ3v) is 3.69. The number of pyridine rings is 1. The van der Waals surface area contributed by atoms with Crippen LogP contribution in [0.25, 0.3) is 11.3 Å². The molecule has 1 heterocycles. The number of benzene rings is 1. The molecular weight excluding hydrogens is 276 g/mol. The summed E-state index contributed by atoms with van der Waals surface area (Å²) in [6.45, 7) is 4.61. The fraction of sp³-hybridized carbons (Fsp3) is 0.389. The number of aromatic amines is 1. The van der Waals surface area contributed by atoms with Crippen molar-refractivity contribution in [1.29, 1.82) is 0 Å². The van der Waals surface area contributed by atoms with Crippen molar-refractivity contribution in [2.75, 3.05) is 0 Å². The summed E-state index contributed by atoms with van der Waals surface area (Å²) in [4.78, 5) is 15.2. The second kappa shape index (κ2) is 6.36. The summed E-state index contributed by atoms with van der Waals surface area (Å²) in [5.41, 5.74) is 2.44. The Morgan fingerprint density at radius 1 is 1.23 bits per heavy atom. The lowest BCUT2D eigenvalue weighted by Gasteiger charge is -2.14. The first-order chi connectivity index (χ1) is 10.6. The molecule has 0 saturated heterocycles. The molecule has 4 heteroatoms. The van der Waals surface area contributed by atoms with Gasteiger partial charge in [-0.05, 0) is 44.9 Å². The highest BCUT2D eigenvalue weighted by molar-refractivity contribution is 5.67. The highest BCUT2D eigenvalue weighted by Gasteiger charge is 2.20. The van der Waals surface area contributed by atoms with Crippen LogP contribution in [0.1, 0.15) is 32.3 Å². The van der Waals surface area contributed by atoms with E-state index in [0.29, 0.717) is 12.6 Å². The number of rotatable bonds is 6. The molecule has 0 bridgehead atoms. The average molecular weight is 298 g/mol. The van der Waals surface area contributed by atoms with Gasteiger partial charge in [-0.25, -0.2) is 0 Å². The highest BCUT2D eigenvalue weighted by atomic mass is 16.5. The van der Waals surface area contributed by atoms with Crippen molar-refractivity contribution in [1.82, 2.24) is 10.3 Å². The molecule has 0 amide bonds. The standard InChI is InChI=1S/C18H22N2O2/c1-12(2)22-17-6-4-3-5-15(17)16-10-7-13(18(21)20-16)11-19-14-8-9-14/h3-7,10,12,14,19H,8-9,11H2,1-2H3,(H,20,21). The Bertz CT molecular complexity index is 702. The van der Waals surface area contributed by atoms with Gasteiger partial charge in [0, 0.05) is 23.7 Å². The topological polar surface area (TPSA) is 54.1 Å². The van der Waals surface area contributed by atoms with Gasteiger partial charge >= 0.3 is 0 Å². The van der Waals surface area contributed by atoms with E-state index in [-0.39, 0.29) is 11.7 Å². The zero-order valence-corrected chi connectivity index (χ0v) is 13.1. The van der Waals surface area contributed by atoms with Gasteiger partial charge in [0.25, 0.3) is 5.56 Å². The number of aromatic nitrogens is 1. The van der Waals surface area contributed by atoms with Crippen LogP contribution in [0, 0.1) is 0 Å². The quantitative estimate of drug-likeness (QED) is 0.861. The number of H-pyrrole nitrogens is 1. The minimum Gasteiger partial charge on any atom is -0.490 e. The van der Waals surface area contributed by atoms with Gasteiger partial charge in [-0.3, -0.25) is 4.79 Å². The Morgan fingerprint density at radius 2 is 2.00 bits per heavy atom. The van der Waals surface area contributed by atoms with E-state index in [1.54, 1.807) is 0 Å². The summed E-state index contributed by atoms with van der Waals surface area (Å²) in [6.07, 6.45) is 2.53. The Kier molecular flexibility index (Phi) is 4.29. The molecule has 0 aliphatic heterocycles. The summed E-state index contributed by atoms with van der Waals surface area (Å²) in [5.74, 6) is 0.789. The SMILES string of the molecule is CC(C)Oc1ccccc1-c1ccc(CNC2CC2)c(=O)[nH]1. The zero-order chi connectivity index (χ0) is 15.5. The predicted octanol–water partition coefficient (Wildman–Crippen LogP) is 3.08. The molecule has 1 aliphatic carbocycles. The van der Waals surface area contributed by atoms with Crippen LogP contribution in [-0.2, 0) is 6.54 Å². The van der Waals surface area contributed by atoms with Crippen LogP contribution >= 0.6 is 0 Å². The molecule has 3 rings (SSSR count). The van der Waals surface area contributed by atoms with E-state index < -0.39 is 0 Å². The Hall–Kier alpha value is -2.07. The minimum atomic E-state index is -0.0370. The second-order valence-electron chi connectivity index (χ2n) is 6.04. The lowest BCUT2D eigenvalue weighted by Crippen LogP contribution is -2.22. The summed E-state index contributed by atoms with van der Waals surface area (Å²) < 4.78 is 5.82. The molecule has 1 aliphatic rings. The molecule has 4 nitrogen and oxygen atoms in total. The fourth-order valence-corrected chi connectivity index (χ4v) is 2.39. The molecular formula is C18H22N2O2. The van der Waals surface area contributed by atoms with E-state index in [9.17, 15) is 4.79 Å². The third kappa shape index (κ3) is 3.57. The number of hydrogen-bond acceptors (Lipinski definition) is 3. The predicted molar refractivity (Wildman–Crippen MR) is 88.1 cm³/mol. The molecule has 1 fully saturated rings. The van der Waals surface area contributed by atoms with E-state index >= 15 is 0 Å². The summed E-state index contributed by atoms with van der Waals surface area (Å²) in [5, 5.41) is 3.37. The van der Waals surface area contributed by atoms with Gasteiger partial charge in [-0.2, -0.15) is 0 Å². The first-order valence-electron chi connectivity index (χ1n) is 7.85. The van der Waals surface area contributed by atoms with E-state index in [4.69, 9.17) is 4.74 Å². The first kappa shape index (κ1) is 14.9. The van der Waals surface area contributed by atoms with Gasteiger partial charge in [0.05, 0.1) is 11.8 Å². The second-order valence-corrected chi connectivity index (χ2v) is 6.04. The molecule has 116 valence electrons. The normalized spacial score (nSPS) is 14.3. The molecule has 0 unspecified atom stereocenters. The van der Waals surface area contributed by atoms with Gasteiger partial charge < -0.3 is 15.0 Å². The molecule has 22 heavy (non-hydrogen) atoms. The van der Waals surface area contributed by atoms with E-state index in [0.717, 1.165) is 22.6 Å². The smallest absolute Gasteiger partial charge is 0.252 e. The van der Waals surface area contributed by atoms with Crippen LogP contribution < -0.4 is 15.6 Å². The van der Waals surface area contributed by atoms with Crippen molar-refractivity contribution in [3.05, 3.63) is 52.3 Å². The van der Waals surface area contributed by atoms with Crippen molar-refractivity contribution >= 4 is 0 Å². The molecule has 2 N–H and O–H groups in total. The van der Waals surface area contributed by atoms with Crippen LogP contribution in [0.4, 0.5) is 0 Å². The highest BCUT2D eigenvalue weighted by Crippen LogP contribution is 2.28. The van der Waals surface area contributed by atoms with E-state index in [1.165, 1.54) is 12.8 Å². The molecule has 1 aromatic carbocycles. The maximum Gasteiger partial charge on any atom is 0.252 e. The Morgan fingerprint density at radius 3 is 2.68 bits per heavy atom. The third-order valence-electron chi connectivity index (χ3n) is 3.69. The van der Waals surface area contributed by atoms with Gasteiger partial charge in [0.2, 0.25) is 0 Å². The van der Waals surface area contributed by atoms with Crippen molar-refractivity contribution in [2.24, 2.45) is 0 Å². The van der Waals surface area contributed by atoms with Gasteiger partial charge in [-0.1, -0.05) is 18.2 Å². The maximum absolute atomic E-state index is 12.2. The van der Waals surface area contributed by atoms with Gasteiger partial charge in [-0.15, -0.1) is 0 Å². The summed E-state index contributed by atoms with van der Waals surface area (Å²) >= 11 is 0. The Balaban J connectivity index is 1.85. The minimum absolute atomic E-state index is 0.0370. The monoisotopic (exact) mass is 298 g/mol. The molecule has 1 aromatic heterocycles. The van der Waals surface area contributed by atoms with Crippen LogP contribution in [0.2, 0.25) is 0 Å². The van der Waals surface area contributed by atoms with Gasteiger partial charge in [0.1, 0.15) is 5.75 Å². The largest absolute Gasteiger partial charge is 0.490 e. The molecule has 1 saturated carbocycles. The number of nitrogens with one attached hydrogen (secondary N) is 2. The summed E-state index contributed by atoms with van der Waals surface area (Å²) in [6, 6.07) is 12.2. The lowest BCUT2D eigenvalue weighted by atomic mass is 10.1. The number of ether oxygens (including phenoxy) is 1. The molecule has 0 atom stereocenters. The average Bonchev–Trinajstić information content (AvgIpc) is 3.30. The van der Waals surface area contributed by atoms with Crippen molar-refractivity contribution in [3.8, 4) is 17.0 Å². The van der Waals surface area contributed by atoms with Crippen molar-refractivity contribution < 1.29 is 4.74 Å². The molecule has 0 radical (unpaired) electrons. The first-order valence-corrected chi connectivity index (χ1v) is 7.85. The van der Waals surface area contributed by atoms with Crippen molar-refractivity contribution in [2.45, 2.75) is 45.4 Å². The van der Waals surface area contributed by atoms with Crippen LogP contribution in [0.3, 0.4) is 0 Å². The number of para-hydroxylation sites is 1. The molecule has 2 aromatic rings. The summed E-state index contributed by atoms with van der Waals surface area (Å²) in [7, 11) is 0. The van der Waals surface area contributed by atoms with Crippen LogP contribution in [-0.4, -0.2) is 17.1 Å². The molecule has 0 spiro atoms. The van der Waals surface area contributed by atoms with Gasteiger partial charge in [0.15, 0.2) is 0 Å². The Labute approximate surface area is 130 Å². The zero-order valence-electron chi connectivity index (χ0n) is 13.1. The van der Waals surface area contributed by atoms with Crippen LogP contribution in [0.5, 0.6) is 5.75 Å². The fourth-order valence-electron chi connectivity index (χ4n) is 2.39. The lowest BCUT2D eigenvalue weighted by molar-refractivity contribution is 0.243. The van der Waals surface area contributed by atoms with Crippen LogP contribution in [0.15, 0.2) is 41.2 Å². The maximum atomic E-state index is 12.2. The van der Waals surface area contributed by atoms with E-state index in [1.807, 2.05) is 50.2 Å². The number of hydrogen-bond donors (Lipinski definition) is 2. The van der Waals surface area contributed by atoms with E-state index in [2.05, 4.69) is 10.3 Å². The van der Waals surface area contributed by atoms with Crippen molar-refractivity contribution in [3.63, 3.8) is 0 Å².